The van der Waals surface area contributed by atoms with Gasteiger partial charge < -0.3 is 15.0 Å². The zero-order chi connectivity index (χ0) is 25.6. The first-order chi connectivity index (χ1) is 16.6. The first-order valence-electron chi connectivity index (χ1n) is 11.0. The fourth-order valence-corrected chi connectivity index (χ4v) is 4.94. The third kappa shape index (κ3) is 6.56. The van der Waals surface area contributed by atoms with Gasteiger partial charge in [-0.05, 0) is 57.9 Å². The van der Waals surface area contributed by atoms with E-state index >= 15 is 0 Å². The van der Waals surface area contributed by atoms with E-state index in [0.717, 1.165) is 5.56 Å². The average molecular weight is 495 g/mol. The molecule has 9 nitrogen and oxygen atoms in total. The second-order valence-corrected chi connectivity index (χ2v) is 10.8. The van der Waals surface area contributed by atoms with E-state index < -0.39 is 15.1 Å². The van der Waals surface area contributed by atoms with Gasteiger partial charge in [-0.2, -0.15) is 0 Å². The minimum Gasteiger partial charge on any atom is -0.419 e. The van der Waals surface area contributed by atoms with Crippen molar-refractivity contribution >= 4 is 21.6 Å². The molecule has 3 N–H and O–H groups in total. The van der Waals surface area contributed by atoms with Crippen molar-refractivity contribution in [3.8, 4) is 11.3 Å². The number of hydrogen-bond donors (Lipinski definition) is 3. The SMILES string of the molecule is CNCc1ccc(C(=N)OC(=N)c2cncc(-c3ccc(S(=O)(=O)C(C)CN(C)C)cc3)n2)cc1. The van der Waals surface area contributed by atoms with Crippen LogP contribution < -0.4 is 5.32 Å². The molecule has 184 valence electrons. The first-order valence-corrected chi connectivity index (χ1v) is 12.6. The third-order valence-corrected chi connectivity index (χ3v) is 7.44. The Morgan fingerprint density at radius 1 is 1.03 bits per heavy atom. The van der Waals surface area contributed by atoms with Crippen molar-refractivity contribution in [3.05, 3.63) is 77.7 Å². The Hall–Kier alpha value is -3.47. The summed E-state index contributed by atoms with van der Waals surface area (Å²) in [5, 5.41) is 18.9. The molecule has 0 aliphatic heterocycles. The molecule has 0 saturated heterocycles. The maximum atomic E-state index is 12.8. The van der Waals surface area contributed by atoms with Crippen molar-refractivity contribution < 1.29 is 13.2 Å². The predicted molar refractivity (Wildman–Crippen MR) is 137 cm³/mol. The van der Waals surface area contributed by atoms with E-state index in [0.29, 0.717) is 29.9 Å². The van der Waals surface area contributed by atoms with Crippen LogP contribution in [-0.4, -0.2) is 68.0 Å². The summed E-state index contributed by atoms with van der Waals surface area (Å²) in [6.45, 7) is 2.83. The molecule has 0 aliphatic rings. The second-order valence-electron chi connectivity index (χ2n) is 8.42. The van der Waals surface area contributed by atoms with E-state index in [1.54, 1.807) is 43.3 Å². The predicted octanol–water partition coefficient (Wildman–Crippen LogP) is 2.95. The van der Waals surface area contributed by atoms with Gasteiger partial charge in [0.05, 0.1) is 28.2 Å². The number of nitrogens with zero attached hydrogens (tertiary/aromatic N) is 3. The Bertz CT molecular complexity index is 1290. The Morgan fingerprint density at radius 3 is 2.29 bits per heavy atom. The number of nitrogens with one attached hydrogen (secondary N) is 3. The molecule has 0 fully saturated rings. The molecule has 1 atom stereocenters. The molecular weight excluding hydrogens is 464 g/mol. The molecule has 0 spiro atoms. The van der Waals surface area contributed by atoms with Crippen molar-refractivity contribution in [2.75, 3.05) is 27.7 Å². The number of hydrogen-bond acceptors (Lipinski definition) is 9. The summed E-state index contributed by atoms with van der Waals surface area (Å²) in [5.74, 6) is -0.472. The van der Waals surface area contributed by atoms with Crippen LogP contribution in [0.15, 0.2) is 65.8 Å². The van der Waals surface area contributed by atoms with E-state index in [4.69, 9.17) is 15.6 Å². The molecule has 10 heteroatoms. The minimum absolute atomic E-state index is 0.162. The van der Waals surface area contributed by atoms with Crippen molar-refractivity contribution in [2.45, 2.75) is 23.6 Å². The zero-order valence-corrected chi connectivity index (χ0v) is 21.1. The molecule has 35 heavy (non-hydrogen) atoms. The highest BCUT2D eigenvalue weighted by atomic mass is 32.2. The standard InChI is InChI=1S/C25H30N6O3S/c1-17(16-31(3)4)35(32,33)21-11-9-19(10-12-21)22-14-29-15-23(30-22)25(27)34-24(26)20-7-5-18(6-8-20)13-28-2/h5-12,14-15,17,26-28H,13,16H2,1-4H3. The Balaban J connectivity index is 1.73. The lowest BCUT2D eigenvalue weighted by Gasteiger charge is -2.17. The normalized spacial score (nSPS) is 12.4. The molecule has 0 saturated carbocycles. The zero-order valence-electron chi connectivity index (χ0n) is 20.2. The number of benzene rings is 2. The van der Waals surface area contributed by atoms with E-state index in [-0.39, 0.29) is 22.4 Å². The van der Waals surface area contributed by atoms with Gasteiger partial charge >= 0.3 is 0 Å². The van der Waals surface area contributed by atoms with Gasteiger partial charge in [-0.3, -0.25) is 15.8 Å². The van der Waals surface area contributed by atoms with Gasteiger partial charge in [0, 0.05) is 24.2 Å². The fraction of sp³-hybridized carbons (Fsp3) is 0.280. The maximum Gasteiger partial charge on any atom is 0.241 e. The van der Waals surface area contributed by atoms with Crippen LogP contribution in [0.3, 0.4) is 0 Å². The monoisotopic (exact) mass is 494 g/mol. The summed E-state index contributed by atoms with van der Waals surface area (Å²) in [7, 11) is 2.08. The highest BCUT2D eigenvalue weighted by Crippen LogP contribution is 2.22. The van der Waals surface area contributed by atoms with Crippen LogP contribution in [-0.2, 0) is 21.1 Å². The average Bonchev–Trinajstić information content (AvgIpc) is 2.84. The van der Waals surface area contributed by atoms with Gasteiger partial charge in [0.1, 0.15) is 5.69 Å². The second kappa shape index (κ2) is 11.3. The fourth-order valence-electron chi connectivity index (χ4n) is 3.47. The highest BCUT2D eigenvalue weighted by Gasteiger charge is 2.24. The largest absolute Gasteiger partial charge is 0.419 e. The number of ether oxygens (including phenoxy) is 1. The molecule has 0 aliphatic carbocycles. The van der Waals surface area contributed by atoms with E-state index in [1.165, 1.54) is 12.4 Å². The molecule has 0 bridgehead atoms. The summed E-state index contributed by atoms with van der Waals surface area (Å²) < 4.78 is 31.0. The lowest BCUT2D eigenvalue weighted by molar-refractivity contribution is 0.405. The maximum absolute atomic E-state index is 12.8. The van der Waals surface area contributed by atoms with Crippen LogP contribution >= 0.6 is 0 Å². The van der Waals surface area contributed by atoms with Gasteiger partial charge in [-0.1, -0.05) is 24.3 Å². The van der Waals surface area contributed by atoms with Crippen LogP contribution in [0.4, 0.5) is 0 Å². The van der Waals surface area contributed by atoms with Gasteiger partial charge in [0.2, 0.25) is 11.8 Å². The van der Waals surface area contributed by atoms with Gasteiger partial charge in [0.25, 0.3) is 0 Å². The number of sulfone groups is 1. The first kappa shape index (κ1) is 26.1. The topological polar surface area (TPSA) is 132 Å². The van der Waals surface area contributed by atoms with E-state index in [1.807, 2.05) is 38.2 Å². The molecule has 0 amide bonds. The van der Waals surface area contributed by atoms with Crippen LogP contribution in [0.2, 0.25) is 0 Å². The van der Waals surface area contributed by atoms with Crippen LogP contribution in [0, 0.1) is 10.8 Å². The minimum atomic E-state index is -3.46. The van der Waals surface area contributed by atoms with Crippen molar-refractivity contribution in [1.82, 2.24) is 20.2 Å². The smallest absolute Gasteiger partial charge is 0.241 e. The van der Waals surface area contributed by atoms with Gasteiger partial charge in [-0.25, -0.2) is 13.4 Å². The molecule has 1 aromatic heterocycles. The van der Waals surface area contributed by atoms with Gasteiger partial charge in [-0.15, -0.1) is 0 Å². The molecule has 1 heterocycles. The van der Waals surface area contributed by atoms with Crippen molar-refractivity contribution in [3.63, 3.8) is 0 Å². The Labute approximate surface area is 206 Å². The third-order valence-electron chi connectivity index (χ3n) is 5.30. The molecule has 0 radical (unpaired) electrons. The Morgan fingerprint density at radius 2 is 1.69 bits per heavy atom. The van der Waals surface area contributed by atoms with Gasteiger partial charge in [0.15, 0.2) is 9.84 Å². The summed E-state index contributed by atoms with van der Waals surface area (Å²) >= 11 is 0. The van der Waals surface area contributed by atoms with Crippen molar-refractivity contribution in [1.29, 1.82) is 10.8 Å². The summed E-state index contributed by atoms with van der Waals surface area (Å²) in [4.78, 5) is 10.6. The Kier molecular flexibility index (Phi) is 8.44. The quantitative estimate of drug-likeness (QED) is 0.308. The van der Waals surface area contributed by atoms with E-state index in [2.05, 4.69) is 15.3 Å². The summed E-state index contributed by atoms with van der Waals surface area (Å²) in [5.41, 5.74) is 2.89. The molecule has 1 unspecified atom stereocenters. The van der Waals surface area contributed by atoms with Crippen molar-refractivity contribution in [2.24, 2.45) is 0 Å². The molecule has 3 rings (SSSR count). The van der Waals surface area contributed by atoms with Crippen LogP contribution in [0.25, 0.3) is 11.3 Å². The molecule has 2 aromatic carbocycles. The molecular formula is C25H30N6O3S. The van der Waals surface area contributed by atoms with Crippen LogP contribution in [0.1, 0.15) is 23.7 Å². The summed E-state index contributed by atoms with van der Waals surface area (Å²) in [6, 6.07) is 13.8. The number of rotatable bonds is 9. The van der Waals surface area contributed by atoms with Crippen LogP contribution in [0.5, 0.6) is 0 Å². The highest BCUT2D eigenvalue weighted by molar-refractivity contribution is 7.92. The lowest BCUT2D eigenvalue weighted by atomic mass is 10.1. The van der Waals surface area contributed by atoms with E-state index in [9.17, 15) is 8.42 Å². The number of aromatic nitrogens is 2. The summed E-state index contributed by atoms with van der Waals surface area (Å²) in [6.07, 6.45) is 2.91. The molecule has 3 aromatic rings. The lowest BCUT2D eigenvalue weighted by Crippen LogP contribution is -2.30.